The average molecular weight is 201 g/mol. The Bertz CT molecular complexity index is 225. The van der Waals surface area contributed by atoms with Crippen LogP contribution < -0.4 is 5.32 Å². The molecule has 1 rings (SSSR count). The maximum Gasteiger partial charge on any atom is 0.407 e. The molecule has 1 atom stereocenters. The second-order valence-corrected chi connectivity index (χ2v) is 3.45. The van der Waals surface area contributed by atoms with Gasteiger partial charge in [0.25, 0.3) is 0 Å². The van der Waals surface area contributed by atoms with E-state index in [1.165, 1.54) is 14.0 Å². The van der Waals surface area contributed by atoms with Gasteiger partial charge in [-0.25, -0.2) is 4.79 Å². The van der Waals surface area contributed by atoms with Crippen LogP contribution in [0.15, 0.2) is 0 Å². The summed E-state index contributed by atoms with van der Waals surface area (Å²) < 4.78 is 9.49. The first-order chi connectivity index (χ1) is 6.63. The summed E-state index contributed by atoms with van der Waals surface area (Å²) in [4.78, 5) is 21.9. The highest BCUT2D eigenvalue weighted by molar-refractivity contribution is 5.77. The van der Waals surface area contributed by atoms with Crippen molar-refractivity contribution in [2.75, 3.05) is 20.3 Å². The van der Waals surface area contributed by atoms with E-state index in [1.54, 1.807) is 0 Å². The Morgan fingerprint density at radius 3 is 2.57 bits per heavy atom. The van der Waals surface area contributed by atoms with Gasteiger partial charge in [0.2, 0.25) is 0 Å². The first-order valence-electron chi connectivity index (χ1n) is 4.55. The lowest BCUT2D eigenvalue weighted by molar-refractivity contribution is -0.119. The molecule has 0 saturated carbocycles. The van der Waals surface area contributed by atoms with Crippen molar-refractivity contribution in [1.82, 2.24) is 5.32 Å². The largest absolute Gasteiger partial charge is 0.453 e. The van der Waals surface area contributed by atoms with Gasteiger partial charge in [0, 0.05) is 18.4 Å². The number of hydrogen-bond acceptors (Lipinski definition) is 4. The summed E-state index contributed by atoms with van der Waals surface area (Å²) in [6.45, 7) is 2.70. The van der Waals surface area contributed by atoms with Crippen LogP contribution in [-0.2, 0) is 14.3 Å². The van der Waals surface area contributed by atoms with Crippen molar-refractivity contribution in [3.8, 4) is 0 Å². The third-order valence-corrected chi connectivity index (χ3v) is 2.23. The minimum atomic E-state index is -0.497. The minimum absolute atomic E-state index is 0.0540. The second kappa shape index (κ2) is 4.95. The maximum absolute atomic E-state index is 11.0. The lowest BCUT2D eigenvalue weighted by atomic mass is 9.94. The molecule has 1 heterocycles. The number of carbonyl (C=O) groups excluding carboxylic acids is 2. The van der Waals surface area contributed by atoms with E-state index in [2.05, 4.69) is 10.1 Å². The van der Waals surface area contributed by atoms with Crippen LogP contribution in [0, 0.1) is 5.92 Å². The third-order valence-electron chi connectivity index (χ3n) is 2.23. The highest BCUT2D eigenvalue weighted by atomic mass is 16.5. The summed E-state index contributed by atoms with van der Waals surface area (Å²) in [6, 6.07) is -0.159. The Hall–Kier alpha value is -1.10. The Morgan fingerprint density at radius 2 is 2.21 bits per heavy atom. The molecular weight excluding hydrogens is 186 g/mol. The molecule has 1 unspecified atom stereocenters. The summed E-state index contributed by atoms with van der Waals surface area (Å²) in [5.41, 5.74) is 0. The molecule has 0 aromatic rings. The fourth-order valence-electron chi connectivity index (χ4n) is 1.34. The Balaban J connectivity index is 2.43. The number of carbonyl (C=O) groups is 2. The van der Waals surface area contributed by atoms with Gasteiger partial charge in [0.1, 0.15) is 5.78 Å². The minimum Gasteiger partial charge on any atom is -0.453 e. The van der Waals surface area contributed by atoms with Gasteiger partial charge in [0.05, 0.1) is 20.3 Å². The van der Waals surface area contributed by atoms with E-state index in [4.69, 9.17) is 4.74 Å². The van der Waals surface area contributed by atoms with Crippen LogP contribution in [0.5, 0.6) is 0 Å². The van der Waals surface area contributed by atoms with E-state index >= 15 is 0 Å². The molecule has 1 fully saturated rings. The van der Waals surface area contributed by atoms with Crippen molar-refractivity contribution in [2.45, 2.75) is 19.4 Å². The van der Waals surface area contributed by atoms with Crippen molar-refractivity contribution in [2.24, 2.45) is 5.92 Å². The normalized spacial score (nSPS) is 18.1. The predicted molar refractivity (Wildman–Crippen MR) is 48.9 cm³/mol. The van der Waals surface area contributed by atoms with Gasteiger partial charge >= 0.3 is 6.09 Å². The summed E-state index contributed by atoms with van der Waals surface area (Å²) in [6.07, 6.45) is -0.161. The van der Waals surface area contributed by atoms with Gasteiger partial charge in [-0.1, -0.05) is 0 Å². The zero-order valence-corrected chi connectivity index (χ0v) is 8.41. The number of methoxy groups -OCH3 is 1. The predicted octanol–water partition coefficient (Wildman–Crippen LogP) is 0.336. The van der Waals surface area contributed by atoms with E-state index in [9.17, 15) is 9.59 Å². The van der Waals surface area contributed by atoms with Gasteiger partial charge in [-0.05, 0) is 6.92 Å². The quantitative estimate of drug-likeness (QED) is 0.712. The van der Waals surface area contributed by atoms with Crippen LogP contribution in [0.25, 0.3) is 0 Å². The molecule has 1 N–H and O–H groups in total. The SMILES string of the molecule is COC(=O)NC(CC(C)=O)C1COC1. The summed E-state index contributed by atoms with van der Waals surface area (Å²) >= 11 is 0. The van der Waals surface area contributed by atoms with Crippen LogP contribution in [0.3, 0.4) is 0 Å². The van der Waals surface area contributed by atoms with Gasteiger partial charge in [-0.15, -0.1) is 0 Å². The Kier molecular flexibility index (Phi) is 3.88. The number of ketones is 1. The number of nitrogens with one attached hydrogen (secondary N) is 1. The summed E-state index contributed by atoms with van der Waals surface area (Å²) in [5, 5.41) is 2.64. The third kappa shape index (κ3) is 2.99. The van der Waals surface area contributed by atoms with Crippen LogP contribution in [0.4, 0.5) is 4.79 Å². The highest BCUT2D eigenvalue weighted by Gasteiger charge is 2.30. The zero-order chi connectivity index (χ0) is 10.6. The molecule has 1 aliphatic rings. The molecule has 0 bridgehead atoms. The molecule has 0 spiro atoms. The van der Waals surface area contributed by atoms with Crippen LogP contribution in [-0.4, -0.2) is 38.2 Å². The molecule has 5 heteroatoms. The Morgan fingerprint density at radius 1 is 1.57 bits per heavy atom. The molecule has 1 amide bonds. The van der Waals surface area contributed by atoms with E-state index in [-0.39, 0.29) is 17.7 Å². The lowest BCUT2D eigenvalue weighted by Gasteiger charge is -2.33. The number of hydrogen-bond donors (Lipinski definition) is 1. The molecule has 80 valence electrons. The van der Waals surface area contributed by atoms with E-state index in [0.29, 0.717) is 19.6 Å². The van der Waals surface area contributed by atoms with Crippen molar-refractivity contribution < 1.29 is 19.1 Å². The standard InChI is InChI=1S/C9H15NO4/c1-6(11)3-8(7-4-14-5-7)10-9(12)13-2/h7-8H,3-5H2,1-2H3,(H,10,12). The van der Waals surface area contributed by atoms with Crippen molar-refractivity contribution in [3.63, 3.8) is 0 Å². The molecule has 0 aromatic heterocycles. The molecule has 0 radical (unpaired) electrons. The first kappa shape index (κ1) is 11.0. The number of amides is 1. The van der Waals surface area contributed by atoms with Crippen LogP contribution in [0.2, 0.25) is 0 Å². The van der Waals surface area contributed by atoms with Crippen LogP contribution >= 0.6 is 0 Å². The number of alkyl carbamates (subject to hydrolysis) is 1. The van der Waals surface area contributed by atoms with Crippen molar-refractivity contribution >= 4 is 11.9 Å². The van der Waals surface area contributed by atoms with Gasteiger partial charge in [-0.2, -0.15) is 0 Å². The van der Waals surface area contributed by atoms with Gasteiger partial charge in [-0.3, -0.25) is 4.79 Å². The zero-order valence-electron chi connectivity index (χ0n) is 8.41. The van der Waals surface area contributed by atoms with Gasteiger partial charge in [0.15, 0.2) is 0 Å². The van der Waals surface area contributed by atoms with E-state index < -0.39 is 6.09 Å². The van der Waals surface area contributed by atoms with E-state index in [1.807, 2.05) is 0 Å². The molecular formula is C9H15NO4. The molecule has 0 aromatic carbocycles. The van der Waals surface area contributed by atoms with Gasteiger partial charge < -0.3 is 14.8 Å². The molecule has 5 nitrogen and oxygen atoms in total. The fraction of sp³-hybridized carbons (Fsp3) is 0.778. The molecule has 1 aliphatic heterocycles. The van der Waals surface area contributed by atoms with Crippen molar-refractivity contribution in [3.05, 3.63) is 0 Å². The average Bonchev–Trinajstić information content (AvgIpc) is 1.99. The summed E-state index contributed by atoms with van der Waals surface area (Å²) in [7, 11) is 1.30. The van der Waals surface area contributed by atoms with Crippen LogP contribution in [0.1, 0.15) is 13.3 Å². The molecule has 1 saturated heterocycles. The smallest absolute Gasteiger partial charge is 0.407 e. The highest BCUT2D eigenvalue weighted by Crippen LogP contribution is 2.17. The number of ether oxygens (including phenoxy) is 2. The molecule has 14 heavy (non-hydrogen) atoms. The first-order valence-corrected chi connectivity index (χ1v) is 4.55. The fourth-order valence-corrected chi connectivity index (χ4v) is 1.34. The van der Waals surface area contributed by atoms with E-state index in [0.717, 1.165) is 0 Å². The lowest BCUT2D eigenvalue weighted by Crippen LogP contribution is -2.49. The monoisotopic (exact) mass is 201 g/mol. The summed E-state index contributed by atoms with van der Waals surface area (Å²) in [5.74, 6) is 0.288. The maximum atomic E-state index is 11.0. The number of Topliss-reactive ketones (excluding diaryl/α,β-unsaturated/α-hetero) is 1. The topological polar surface area (TPSA) is 64.6 Å². The molecule has 0 aliphatic carbocycles. The number of rotatable bonds is 4. The van der Waals surface area contributed by atoms with Crippen molar-refractivity contribution in [1.29, 1.82) is 0 Å². The second-order valence-electron chi connectivity index (χ2n) is 3.45. The Labute approximate surface area is 82.8 Å².